The van der Waals surface area contributed by atoms with Gasteiger partial charge in [-0.2, -0.15) is 4.37 Å². The molecule has 216 valence electrons. The molecule has 0 saturated carbocycles. The van der Waals surface area contributed by atoms with Gasteiger partial charge in [0.1, 0.15) is 23.4 Å². The smallest absolute Gasteiger partial charge is 0.410 e. The molecular formula is C26H32ClN5O6S2. The monoisotopic (exact) mass is 609 g/mol. The second-order valence-electron chi connectivity index (χ2n) is 10.1. The molecule has 14 heteroatoms. The lowest BCUT2D eigenvalue weighted by molar-refractivity contribution is 0.0293. The molecule has 1 amide bonds. The molecule has 1 fully saturated rings. The number of likely N-dealkylation sites (tertiary alicyclic amines) is 1. The minimum absolute atomic E-state index is 0.00691. The fourth-order valence-corrected chi connectivity index (χ4v) is 6.62. The first-order valence-corrected chi connectivity index (χ1v) is 15.0. The van der Waals surface area contributed by atoms with Crippen LogP contribution >= 0.6 is 23.1 Å². The van der Waals surface area contributed by atoms with Crippen LogP contribution in [0.4, 0.5) is 15.6 Å². The average molecular weight is 610 g/mol. The van der Waals surface area contributed by atoms with Crippen LogP contribution in [0.2, 0.25) is 5.02 Å². The fourth-order valence-electron chi connectivity index (χ4n) is 4.16. The minimum Gasteiger partial charge on any atom is -0.497 e. The predicted octanol–water partition coefficient (Wildman–Crippen LogP) is 5.03. The third kappa shape index (κ3) is 6.88. The van der Waals surface area contributed by atoms with Crippen LogP contribution in [0.5, 0.6) is 11.5 Å². The molecule has 0 aliphatic carbocycles. The van der Waals surface area contributed by atoms with E-state index in [-0.39, 0.29) is 33.7 Å². The number of nitrogens with zero attached hydrogens (tertiary/aromatic N) is 4. The normalized spacial score (nSPS) is 15.6. The molecule has 0 bridgehead atoms. The van der Waals surface area contributed by atoms with Crippen molar-refractivity contribution in [1.29, 1.82) is 0 Å². The molecule has 2 heterocycles. The van der Waals surface area contributed by atoms with E-state index in [0.29, 0.717) is 42.3 Å². The first kappa shape index (κ1) is 29.7. The maximum atomic E-state index is 13.9. The van der Waals surface area contributed by atoms with Crippen molar-refractivity contribution in [3.8, 4) is 11.5 Å². The van der Waals surface area contributed by atoms with E-state index in [1.54, 1.807) is 36.3 Å². The molecule has 0 spiro atoms. The van der Waals surface area contributed by atoms with E-state index < -0.39 is 15.6 Å². The van der Waals surface area contributed by atoms with Gasteiger partial charge in [0.2, 0.25) is 5.13 Å². The van der Waals surface area contributed by atoms with E-state index in [1.807, 2.05) is 20.8 Å². The Morgan fingerprint density at radius 2 is 1.98 bits per heavy atom. The van der Waals surface area contributed by atoms with Gasteiger partial charge in [0.15, 0.2) is 0 Å². The summed E-state index contributed by atoms with van der Waals surface area (Å²) in [6.45, 7) is 6.41. The number of rotatable bonds is 9. The molecule has 0 unspecified atom stereocenters. The standard InChI is InChI=1S/C26H32ClN5O6S2/c1-26(2,3)38-25(33)31-11-10-18(15-31)30-22-9-8-20(13-21(22)27)40(34,35)32(24-28-16-29-39-24)14-17-6-7-19(36-4)12-23(17)37-5/h6-9,12-13,16,18,30H,10-11,14-15H2,1-5H3/t18-/m0/s1. The number of hydrogen-bond acceptors (Lipinski definition) is 10. The fraction of sp³-hybridized carbons (Fsp3) is 0.423. The van der Waals surface area contributed by atoms with Gasteiger partial charge in [-0.1, -0.05) is 11.6 Å². The van der Waals surface area contributed by atoms with Crippen molar-refractivity contribution in [3.63, 3.8) is 0 Å². The van der Waals surface area contributed by atoms with E-state index in [4.69, 9.17) is 25.8 Å². The number of aromatic nitrogens is 2. The van der Waals surface area contributed by atoms with Gasteiger partial charge in [-0.05, 0) is 57.5 Å². The summed E-state index contributed by atoms with van der Waals surface area (Å²) in [5, 5.41) is 3.75. The number of sulfonamides is 1. The van der Waals surface area contributed by atoms with E-state index >= 15 is 0 Å². The highest BCUT2D eigenvalue weighted by molar-refractivity contribution is 7.93. The van der Waals surface area contributed by atoms with Crippen LogP contribution in [-0.4, -0.2) is 67.7 Å². The van der Waals surface area contributed by atoms with E-state index in [0.717, 1.165) is 11.5 Å². The number of anilines is 2. The Hall–Kier alpha value is -3.29. The zero-order valence-corrected chi connectivity index (χ0v) is 25.3. The lowest BCUT2D eigenvalue weighted by Gasteiger charge is -2.25. The van der Waals surface area contributed by atoms with Crippen molar-refractivity contribution in [3.05, 3.63) is 53.3 Å². The number of methoxy groups -OCH3 is 2. The molecule has 11 nitrogen and oxygen atoms in total. The maximum absolute atomic E-state index is 13.9. The molecule has 2 aromatic carbocycles. The number of nitrogens with one attached hydrogen (secondary N) is 1. The van der Waals surface area contributed by atoms with Crippen LogP contribution in [0, 0.1) is 0 Å². The van der Waals surface area contributed by atoms with Crippen LogP contribution in [-0.2, 0) is 21.3 Å². The first-order valence-electron chi connectivity index (χ1n) is 12.5. The van der Waals surface area contributed by atoms with Crippen LogP contribution in [0.25, 0.3) is 0 Å². The van der Waals surface area contributed by atoms with Gasteiger partial charge in [-0.15, -0.1) is 0 Å². The van der Waals surface area contributed by atoms with E-state index in [9.17, 15) is 13.2 Å². The number of ether oxygens (including phenoxy) is 3. The third-order valence-electron chi connectivity index (χ3n) is 6.10. The highest BCUT2D eigenvalue weighted by Crippen LogP contribution is 2.34. The summed E-state index contributed by atoms with van der Waals surface area (Å²) in [6, 6.07) is 9.61. The highest BCUT2D eigenvalue weighted by atomic mass is 35.5. The summed E-state index contributed by atoms with van der Waals surface area (Å²) in [7, 11) is -1.05. The Morgan fingerprint density at radius 1 is 1.20 bits per heavy atom. The van der Waals surface area contributed by atoms with Gasteiger partial charge in [0.25, 0.3) is 10.0 Å². The molecule has 40 heavy (non-hydrogen) atoms. The molecule has 1 aromatic heterocycles. The van der Waals surface area contributed by atoms with Gasteiger partial charge in [-0.25, -0.2) is 22.5 Å². The number of carbonyl (C=O) groups excluding carboxylic acids is 1. The summed E-state index contributed by atoms with van der Waals surface area (Å²) in [5.41, 5.74) is 0.604. The van der Waals surface area contributed by atoms with Gasteiger partial charge < -0.3 is 24.4 Å². The Morgan fingerprint density at radius 3 is 2.60 bits per heavy atom. The topological polar surface area (TPSA) is 123 Å². The number of benzene rings is 2. The van der Waals surface area contributed by atoms with Crippen molar-refractivity contribution in [2.75, 3.05) is 36.9 Å². The van der Waals surface area contributed by atoms with E-state index in [1.165, 1.54) is 29.9 Å². The SMILES string of the molecule is COc1ccc(CN(c2ncns2)S(=O)(=O)c2ccc(N[C@H]3CCN(C(=O)OC(C)(C)C)C3)c(Cl)c2)c(OC)c1. The molecule has 1 saturated heterocycles. The molecule has 0 radical (unpaired) electrons. The Balaban J connectivity index is 1.54. The summed E-state index contributed by atoms with van der Waals surface area (Å²) in [4.78, 5) is 18.2. The lowest BCUT2D eigenvalue weighted by atomic mass is 10.2. The van der Waals surface area contributed by atoms with Crippen LogP contribution in [0.3, 0.4) is 0 Å². The summed E-state index contributed by atoms with van der Waals surface area (Å²) < 4.78 is 49.1. The Kier molecular flexibility index (Phi) is 8.96. The van der Waals surface area contributed by atoms with Crippen LogP contribution < -0.4 is 19.1 Å². The molecule has 1 atom stereocenters. The number of halogens is 1. The summed E-state index contributed by atoms with van der Waals surface area (Å²) in [6.07, 6.45) is 1.63. The minimum atomic E-state index is -4.09. The molecule has 1 aliphatic heterocycles. The largest absolute Gasteiger partial charge is 0.497 e. The summed E-state index contributed by atoms with van der Waals surface area (Å²) in [5.74, 6) is 1.05. The van der Waals surface area contributed by atoms with Gasteiger partial charge in [0, 0.05) is 42.3 Å². The number of hydrogen-bond donors (Lipinski definition) is 1. The van der Waals surface area contributed by atoms with Gasteiger partial charge in [0.05, 0.1) is 36.4 Å². The van der Waals surface area contributed by atoms with Crippen molar-refractivity contribution in [2.24, 2.45) is 0 Å². The van der Waals surface area contributed by atoms with Gasteiger partial charge in [-0.3, -0.25) is 0 Å². The lowest BCUT2D eigenvalue weighted by Crippen LogP contribution is -2.36. The second-order valence-corrected chi connectivity index (χ2v) is 13.1. The molecule has 4 rings (SSSR count). The number of amides is 1. The number of carbonyl (C=O) groups is 1. The Bertz CT molecular complexity index is 1450. The average Bonchev–Trinajstić information content (AvgIpc) is 3.60. The molecule has 3 aromatic rings. The molecule has 1 aliphatic rings. The van der Waals surface area contributed by atoms with Gasteiger partial charge >= 0.3 is 6.09 Å². The maximum Gasteiger partial charge on any atom is 0.410 e. The first-order chi connectivity index (χ1) is 18.9. The predicted molar refractivity (Wildman–Crippen MR) is 154 cm³/mol. The van der Waals surface area contributed by atoms with Crippen LogP contribution in [0.15, 0.2) is 47.6 Å². The van der Waals surface area contributed by atoms with Crippen molar-refractivity contribution in [1.82, 2.24) is 14.3 Å². The zero-order valence-electron chi connectivity index (χ0n) is 22.9. The summed E-state index contributed by atoms with van der Waals surface area (Å²) >= 11 is 7.52. The zero-order chi connectivity index (χ0) is 29.1. The van der Waals surface area contributed by atoms with Crippen molar-refractivity contribution in [2.45, 2.75) is 50.3 Å². The highest BCUT2D eigenvalue weighted by Gasteiger charge is 2.32. The van der Waals surface area contributed by atoms with Crippen molar-refractivity contribution >= 4 is 50.1 Å². The van der Waals surface area contributed by atoms with Crippen LogP contribution in [0.1, 0.15) is 32.8 Å². The third-order valence-corrected chi connectivity index (χ3v) is 8.95. The second kappa shape index (κ2) is 12.1. The molecule has 1 N–H and O–H groups in total. The van der Waals surface area contributed by atoms with Crippen molar-refractivity contribution < 1.29 is 27.4 Å². The molecular weight excluding hydrogens is 578 g/mol. The van der Waals surface area contributed by atoms with E-state index in [2.05, 4.69) is 14.7 Å². The Labute approximate surface area is 243 Å². The quantitative estimate of drug-likeness (QED) is 0.356.